The van der Waals surface area contributed by atoms with Crippen LogP contribution in [0.5, 0.6) is 5.75 Å². The molecule has 0 radical (unpaired) electrons. The lowest BCUT2D eigenvalue weighted by Crippen LogP contribution is -2.12. The van der Waals surface area contributed by atoms with E-state index in [1.807, 2.05) is 6.92 Å². The number of hydrogen-bond donors (Lipinski definition) is 0. The van der Waals surface area contributed by atoms with E-state index in [4.69, 9.17) is 4.74 Å². The van der Waals surface area contributed by atoms with Gasteiger partial charge in [-0.1, -0.05) is 31.2 Å². The van der Waals surface area contributed by atoms with Crippen molar-refractivity contribution in [3.63, 3.8) is 0 Å². The molecule has 0 fully saturated rings. The van der Waals surface area contributed by atoms with Gasteiger partial charge >= 0.3 is 6.18 Å². The Labute approximate surface area is 197 Å². The minimum absolute atomic E-state index is 0.00589. The first-order chi connectivity index (χ1) is 16.7. The first kappa shape index (κ1) is 24.5. The summed E-state index contributed by atoms with van der Waals surface area (Å²) >= 11 is 0. The van der Waals surface area contributed by atoms with Gasteiger partial charge in [-0.05, 0) is 54.0 Å². The van der Waals surface area contributed by atoms with Crippen molar-refractivity contribution in [3.8, 4) is 17.1 Å². The number of rotatable bonds is 7. The van der Waals surface area contributed by atoms with Crippen LogP contribution in [-0.4, -0.2) is 16.6 Å². The summed E-state index contributed by atoms with van der Waals surface area (Å²) in [7, 11) is 0. The normalized spacial score (nSPS) is 11.7. The van der Waals surface area contributed by atoms with Gasteiger partial charge in [0.25, 0.3) is 0 Å². The van der Waals surface area contributed by atoms with Crippen molar-refractivity contribution in [2.75, 3.05) is 6.61 Å². The van der Waals surface area contributed by atoms with Gasteiger partial charge in [-0.3, -0.25) is 0 Å². The maximum Gasteiger partial charge on any atom is 0.422 e. The first-order valence-corrected chi connectivity index (χ1v) is 10.9. The highest BCUT2D eigenvalue weighted by atomic mass is 19.4. The summed E-state index contributed by atoms with van der Waals surface area (Å²) in [5, 5.41) is 0.934. The molecule has 3 aromatic carbocycles. The molecule has 0 unspecified atom stereocenters. The minimum Gasteiger partial charge on any atom is -0.490 e. The van der Waals surface area contributed by atoms with Gasteiger partial charge in [-0.15, -0.1) is 0 Å². The maximum atomic E-state index is 15.1. The van der Waals surface area contributed by atoms with Crippen LogP contribution in [-0.2, 0) is 19.0 Å². The highest BCUT2D eigenvalue weighted by Crippen LogP contribution is 2.34. The zero-order valence-electron chi connectivity index (χ0n) is 18.6. The minimum atomic E-state index is -5.13. The fourth-order valence-electron chi connectivity index (χ4n) is 3.75. The SMILES string of the molecule is CCCOc1cnc(-c2ccc3c(F)c(CCc4cc(F)c(C(F)(F)F)c(F)c4)ccc3c2)nc1. The van der Waals surface area contributed by atoms with E-state index in [1.54, 1.807) is 42.7 Å². The lowest BCUT2D eigenvalue weighted by molar-refractivity contribution is -0.142. The molecule has 1 aromatic heterocycles. The Balaban J connectivity index is 1.53. The fraction of sp³-hybridized carbons (Fsp3) is 0.231. The van der Waals surface area contributed by atoms with E-state index < -0.39 is 29.2 Å². The number of hydrogen-bond acceptors (Lipinski definition) is 3. The van der Waals surface area contributed by atoms with E-state index in [0.29, 0.717) is 46.6 Å². The Kier molecular flexibility index (Phi) is 6.95. The zero-order valence-corrected chi connectivity index (χ0v) is 18.6. The Morgan fingerprint density at radius 3 is 2.17 bits per heavy atom. The smallest absolute Gasteiger partial charge is 0.422 e. The van der Waals surface area contributed by atoms with Crippen LogP contribution in [0.3, 0.4) is 0 Å². The second kappa shape index (κ2) is 9.93. The molecule has 0 aliphatic rings. The third-order valence-electron chi connectivity index (χ3n) is 5.46. The summed E-state index contributed by atoms with van der Waals surface area (Å²) in [4.78, 5) is 8.57. The Morgan fingerprint density at radius 1 is 0.857 bits per heavy atom. The molecular formula is C26H20F6N2O. The number of aryl methyl sites for hydroxylation is 2. The van der Waals surface area contributed by atoms with Gasteiger partial charge < -0.3 is 4.74 Å². The molecule has 35 heavy (non-hydrogen) atoms. The molecule has 4 aromatic rings. The number of nitrogens with zero attached hydrogens (tertiary/aromatic N) is 2. The summed E-state index contributed by atoms with van der Waals surface area (Å²) < 4.78 is 86.5. The standard InChI is InChI=1S/C26H20F6N2O/c1-2-9-35-19-13-33-25(34-14-19)18-7-8-20-17(12-18)6-5-16(24(20)29)4-3-15-10-21(27)23(22(28)11-15)26(30,31)32/h5-8,10-14H,2-4,9H2,1H3. The van der Waals surface area contributed by atoms with Gasteiger partial charge in [0, 0.05) is 10.9 Å². The molecule has 0 amide bonds. The van der Waals surface area contributed by atoms with Gasteiger partial charge in [0.15, 0.2) is 11.6 Å². The van der Waals surface area contributed by atoms with Crippen molar-refractivity contribution in [2.24, 2.45) is 0 Å². The molecule has 0 aliphatic carbocycles. The summed E-state index contributed by atoms with van der Waals surface area (Å²) in [6.07, 6.45) is -1.12. The van der Waals surface area contributed by atoms with E-state index in [9.17, 15) is 22.0 Å². The molecular weight excluding hydrogens is 470 g/mol. The second-order valence-electron chi connectivity index (χ2n) is 8.00. The number of fused-ring (bicyclic) bond motifs is 1. The van der Waals surface area contributed by atoms with Crippen molar-refractivity contribution in [2.45, 2.75) is 32.4 Å². The first-order valence-electron chi connectivity index (χ1n) is 10.9. The van der Waals surface area contributed by atoms with Crippen LogP contribution in [0.2, 0.25) is 0 Å². The van der Waals surface area contributed by atoms with E-state index in [-0.39, 0.29) is 24.0 Å². The molecule has 0 N–H and O–H groups in total. The van der Waals surface area contributed by atoms with Crippen LogP contribution in [0.4, 0.5) is 26.3 Å². The van der Waals surface area contributed by atoms with Crippen molar-refractivity contribution in [1.29, 1.82) is 0 Å². The molecule has 0 atom stereocenters. The lowest BCUT2D eigenvalue weighted by atomic mass is 9.98. The molecule has 0 bridgehead atoms. The molecule has 4 rings (SSSR count). The van der Waals surface area contributed by atoms with Crippen molar-refractivity contribution in [1.82, 2.24) is 9.97 Å². The predicted octanol–water partition coefficient (Wildman–Crippen LogP) is 7.31. The van der Waals surface area contributed by atoms with E-state index in [1.165, 1.54) is 0 Å². The summed E-state index contributed by atoms with van der Waals surface area (Å²) in [5.41, 5.74) is -0.963. The molecule has 3 nitrogen and oxygen atoms in total. The van der Waals surface area contributed by atoms with E-state index in [2.05, 4.69) is 9.97 Å². The zero-order chi connectivity index (χ0) is 25.2. The Morgan fingerprint density at radius 2 is 1.54 bits per heavy atom. The van der Waals surface area contributed by atoms with Crippen LogP contribution in [0.1, 0.15) is 30.0 Å². The Bertz CT molecular complexity index is 1330. The summed E-state index contributed by atoms with van der Waals surface area (Å²) in [6, 6.07) is 9.52. The van der Waals surface area contributed by atoms with Gasteiger partial charge in [0.1, 0.15) is 23.0 Å². The molecule has 1 heterocycles. The largest absolute Gasteiger partial charge is 0.490 e. The Hall–Kier alpha value is -3.62. The summed E-state index contributed by atoms with van der Waals surface area (Å²) in [5.74, 6) is -2.88. The average molecular weight is 490 g/mol. The lowest BCUT2D eigenvalue weighted by Gasteiger charge is -2.12. The molecule has 0 saturated carbocycles. The van der Waals surface area contributed by atoms with Crippen molar-refractivity contribution >= 4 is 10.8 Å². The van der Waals surface area contributed by atoms with Crippen LogP contribution >= 0.6 is 0 Å². The van der Waals surface area contributed by atoms with E-state index >= 15 is 4.39 Å². The number of alkyl halides is 3. The van der Waals surface area contributed by atoms with Gasteiger partial charge in [0.05, 0.1) is 19.0 Å². The second-order valence-corrected chi connectivity index (χ2v) is 8.00. The fourth-order valence-corrected chi connectivity index (χ4v) is 3.75. The van der Waals surface area contributed by atoms with E-state index in [0.717, 1.165) is 6.42 Å². The number of halogens is 6. The molecule has 0 saturated heterocycles. The highest BCUT2D eigenvalue weighted by Gasteiger charge is 2.37. The quantitative estimate of drug-likeness (QED) is 0.255. The van der Waals surface area contributed by atoms with Gasteiger partial charge in [-0.25, -0.2) is 23.1 Å². The van der Waals surface area contributed by atoms with Crippen LogP contribution in [0, 0.1) is 17.5 Å². The van der Waals surface area contributed by atoms with Crippen LogP contribution in [0.15, 0.2) is 54.9 Å². The van der Waals surface area contributed by atoms with Crippen molar-refractivity contribution < 1.29 is 31.1 Å². The third kappa shape index (κ3) is 5.39. The monoisotopic (exact) mass is 490 g/mol. The number of benzene rings is 3. The van der Waals surface area contributed by atoms with Gasteiger partial charge in [-0.2, -0.15) is 13.2 Å². The van der Waals surface area contributed by atoms with Crippen molar-refractivity contribution in [3.05, 3.63) is 89.0 Å². The molecule has 9 heteroatoms. The predicted molar refractivity (Wildman–Crippen MR) is 119 cm³/mol. The molecule has 0 spiro atoms. The maximum absolute atomic E-state index is 15.1. The summed E-state index contributed by atoms with van der Waals surface area (Å²) in [6.45, 7) is 2.55. The van der Waals surface area contributed by atoms with Crippen LogP contribution in [0.25, 0.3) is 22.2 Å². The number of aromatic nitrogens is 2. The van der Waals surface area contributed by atoms with Gasteiger partial charge in [0.2, 0.25) is 0 Å². The molecule has 0 aliphatic heterocycles. The third-order valence-corrected chi connectivity index (χ3v) is 5.46. The average Bonchev–Trinajstić information content (AvgIpc) is 2.81. The topological polar surface area (TPSA) is 35.0 Å². The number of ether oxygens (including phenoxy) is 1. The van der Waals surface area contributed by atoms with Crippen LogP contribution < -0.4 is 4.74 Å². The molecule has 182 valence electrons. The highest BCUT2D eigenvalue weighted by molar-refractivity contribution is 5.87.